The smallest absolute Gasteiger partial charge is 0.347 e. The van der Waals surface area contributed by atoms with E-state index in [4.69, 9.17) is 5.73 Å². The molecular formula is C24H33N5O. The molecule has 2 amide bonds. The molecule has 4 rings (SSSR count). The number of benzene rings is 1. The van der Waals surface area contributed by atoms with E-state index in [-0.39, 0.29) is 5.92 Å². The number of amidine groups is 1. The van der Waals surface area contributed by atoms with Crippen LogP contribution in [-0.4, -0.2) is 41.4 Å². The zero-order valence-electron chi connectivity index (χ0n) is 17.7. The lowest BCUT2D eigenvalue weighted by atomic mass is 9.86. The van der Waals surface area contributed by atoms with Gasteiger partial charge in [0.2, 0.25) is 0 Å². The number of rotatable bonds is 5. The summed E-state index contributed by atoms with van der Waals surface area (Å²) in [5.74, 6) is 1.51. The molecule has 1 aliphatic heterocycles. The number of carbonyl (C=O) groups is 1. The summed E-state index contributed by atoms with van der Waals surface area (Å²) < 4.78 is 0. The van der Waals surface area contributed by atoms with Gasteiger partial charge in [-0.15, -0.1) is 0 Å². The van der Waals surface area contributed by atoms with Gasteiger partial charge < -0.3 is 16.0 Å². The molecule has 1 saturated heterocycles. The van der Waals surface area contributed by atoms with E-state index in [1.54, 1.807) is 12.4 Å². The monoisotopic (exact) mass is 407 g/mol. The Hall–Kier alpha value is -2.47. The van der Waals surface area contributed by atoms with Crippen LogP contribution in [0.5, 0.6) is 0 Å². The fourth-order valence-electron chi connectivity index (χ4n) is 4.92. The molecule has 1 aromatic carbocycles. The molecule has 2 heterocycles. The number of likely N-dealkylation sites (tertiary alicyclic amines) is 1. The van der Waals surface area contributed by atoms with Gasteiger partial charge in [0.05, 0.1) is 5.69 Å². The predicted octanol–water partition coefficient (Wildman–Crippen LogP) is 4.81. The zero-order chi connectivity index (χ0) is 20.8. The van der Waals surface area contributed by atoms with E-state index in [0.717, 1.165) is 54.9 Å². The molecule has 2 aliphatic rings. The second-order valence-electron chi connectivity index (χ2n) is 8.80. The lowest BCUT2D eigenvalue weighted by Gasteiger charge is -2.33. The number of piperidine rings is 1. The largest absolute Gasteiger partial charge is 0.387 e. The van der Waals surface area contributed by atoms with Gasteiger partial charge in [-0.3, -0.25) is 4.98 Å². The molecule has 1 aromatic heterocycles. The maximum atomic E-state index is 12.5. The van der Waals surface area contributed by atoms with Crippen molar-refractivity contribution in [3.05, 3.63) is 36.7 Å². The van der Waals surface area contributed by atoms with Gasteiger partial charge in [0.1, 0.15) is 5.84 Å². The van der Waals surface area contributed by atoms with Crippen LogP contribution in [0, 0.1) is 11.8 Å². The molecule has 0 spiro atoms. The summed E-state index contributed by atoms with van der Waals surface area (Å²) in [6, 6.07) is 7.23. The van der Waals surface area contributed by atoms with E-state index in [0.29, 0.717) is 5.84 Å². The van der Waals surface area contributed by atoms with Crippen LogP contribution in [0.4, 0.5) is 10.5 Å². The zero-order valence-corrected chi connectivity index (χ0v) is 17.7. The van der Waals surface area contributed by atoms with Crippen molar-refractivity contribution in [3.63, 3.8) is 0 Å². The SMILES string of the molecule is N/C(=N\C(=O)Nc1cccc2cnccc12)C1CCCN(CCC2CCCCC2)C1. The third-order valence-electron chi connectivity index (χ3n) is 6.66. The van der Waals surface area contributed by atoms with Crippen LogP contribution in [0.3, 0.4) is 0 Å². The van der Waals surface area contributed by atoms with Gasteiger partial charge in [0, 0.05) is 35.6 Å². The van der Waals surface area contributed by atoms with Crippen molar-refractivity contribution in [3.8, 4) is 0 Å². The summed E-state index contributed by atoms with van der Waals surface area (Å²) in [7, 11) is 0. The van der Waals surface area contributed by atoms with E-state index in [9.17, 15) is 4.79 Å². The van der Waals surface area contributed by atoms with Gasteiger partial charge in [-0.05, 0) is 50.4 Å². The number of amides is 2. The molecule has 1 aliphatic carbocycles. The van der Waals surface area contributed by atoms with Crippen LogP contribution >= 0.6 is 0 Å². The van der Waals surface area contributed by atoms with E-state index in [1.165, 1.54) is 38.5 Å². The second kappa shape index (κ2) is 10.0. The lowest BCUT2D eigenvalue weighted by Crippen LogP contribution is -2.42. The summed E-state index contributed by atoms with van der Waals surface area (Å²) in [4.78, 5) is 23.3. The van der Waals surface area contributed by atoms with Crippen molar-refractivity contribution in [1.29, 1.82) is 0 Å². The van der Waals surface area contributed by atoms with Crippen molar-refractivity contribution in [2.24, 2.45) is 22.6 Å². The summed E-state index contributed by atoms with van der Waals surface area (Å²) in [6.07, 6.45) is 13.9. The first-order valence-corrected chi connectivity index (χ1v) is 11.4. The number of hydrogen-bond acceptors (Lipinski definition) is 3. The highest BCUT2D eigenvalue weighted by molar-refractivity contribution is 6.05. The molecule has 6 heteroatoms. The molecule has 1 saturated carbocycles. The van der Waals surface area contributed by atoms with Gasteiger partial charge in [-0.25, -0.2) is 4.79 Å². The molecule has 3 N–H and O–H groups in total. The maximum absolute atomic E-state index is 12.5. The molecular weight excluding hydrogens is 374 g/mol. The molecule has 30 heavy (non-hydrogen) atoms. The minimum atomic E-state index is -0.406. The number of urea groups is 1. The third-order valence-corrected chi connectivity index (χ3v) is 6.66. The number of carbonyl (C=O) groups excluding carboxylic acids is 1. The number of nitrogens with two attached hydrogens (primary N) is 1. The van der Waals surface area contributed by atoms with Crippen molar-refractivity contribution in [2.75, 3.05) is 25.0 Å². The topological polar surface area (TPSA) is 83.6 Å². The van der Waals surface area contributed by atoms with Crippen LogP contribution < -0.4 is 11.1 Å². The first-order chi connectivity index (χ1) is 14.7. The second-order valence-corrected chi connectivity index (χ2v) is 8.80. The quantitative estimate of drug-likeness (QED) is 0.550. The highest BCUT2D eigenvalue weighted by Gasteiger charge is 2.24. The average molecular weight is 408 g/mol. The number of pyridine rings is 1. The normalized spacial score (nSPS) is 21.6. The van der Waals surface area contributed by atoms with Gasteiger partial charge in [0.15, 0.2) is 0 Å². The minimum absolute atomic E-state index is 0.160. The summed E-state index contributed by atoms with van der Waals surface area (Å²) in [6.45, 7) is 3.19. The van der Waals surface area contributed by atoms with Gasteiger partial charge in [-0.2, -0.15) is 4.99 Å². The number of nitrogens with zero attached hydrogens (tertiary/aromatic N) is 3. The van der Waals surface area contributed by atoms with E-state index < -0.39 is 6.03 Å². The lowest BCUT2D eigenvalue weighted by molar-refractivity contribution is 0.182. The van der Waals surface area contributed by atoms with Crippen molar-refractivity contribution >= 4 is 28.3 Å². The summed E-state index contributed by atoms with van der Waals surface area (Å²) in [5.41, 5.74) is 7.00. The van der Waals surface area contributed by atoms with Crippen molar-refractivity contribution in [2.45, 2.75) is 51.4 Å². The Kier molecular flexibility index (Phi) is 6.95. The highest BCUT2D eigenvalue weighted by atomic mass is 16.2. The number of hydrogen-bond donors (Lipinski definition) is 2. The van der Waals surface area contributed by atoms with Crippen molar-refractivity contribution < 1.29 is 4.79 Å². The molecule has 1 unspecified atom stereocenters. The Morgan fingerprint density at radius 1 is 1.17 bits per heavy atom. The first kappa shape index (κ1) is 20.8. The minimum Gasteiger partial charge on any atom is -0.387 e. The van der Waals surface area contributed by atoms with Crippen LogP contribution in [0.2, 0.25) is 0 Å². The number of anilines is 1. The van der Waals surface area contributed by atoms with Gasteiger partial charge in [-0.1, -0.05) is 44.2 Å². The van der Waals surface area contributed by atoms with E-state index in [2.05, 4.69) is 20.2 Å². The van der Waals surface area contributed by atoms with Crippen LogP contribution in [-0.2, 0) is 0 Å². The Morgan fingerprint density at radius 3 is 2.90 bits per heavy atom. The van der Waals surface area contributed by atoms with Gasteiger partial charge >= 0.3 is 6.03 Å². The Balaban J connectivity index is 1.33. The average Bonchev–Trinajstić information content (AvgIpc) is 2.79. The van der Waals surface area contributed by atoms with E-state index >= 15 is 0 Å². The molecule has 0 bridgehead atoms. The predicted molar refractivity (Wildman–Crippen MR) is 123 cm³/mol. The fourth-order valence-corrected chi connectivity index (χ4v) is 4.92. The Morgan fingerprint density at radius 2 is 2.03 bits per heavy atom. The molecule has 0 radical (unpaired) electrons. The number of fused-ring (bicyclic) bond motifs is 1. The van der Waals surface area contributed by atoms with Crippen LogP contribution in [0.1, 0.15) is 51.4 Å². The fraction of sp³-hybridized carbons (Fsp3) is 0.542. The van der Waals surface area contributed by atoms with Crippen LogP contribution in [0.15, 0.2) is 41.7 Å². The van der Waals surface area contributed by atoms with Crippen LogP contribution in [0.25, 0.3) is 10.8 Å². The summed E-state index contributed by atoms with van der Waals surface area (Å²) in [5, 5.41) is 4.81. The molecule has 2 fully saturated rings. The number of aliphatic imine (C=N–C) groups is 1. The molecule has 160 valence electrons. The number of aromatic nitrogens is 1. The maximum Gasteiger partial charge on any atom is 0.347 e. The summed E-state index contributed by atoms with van der Waals surface area (Å²) >= 11 is 0. The molecule has 2 aromatic rings. The molecule has 6 nitrogen and oxygen atoms in total. The number of nitrogens with one attached hydrogen (secondary N) is 1. The third kappa shape index (κ3) is 5.36. The van der Waals surface area contributed by atoms with Gasteiger partial charge in [0.25, 0.3) is 0 Å². The van der Waals surface area contributed by atoms with E-state index in [1.807, 2.05) is 24.3 Å². The Labute approximate surface area is 179 Å². The standard InChI is InChI=1S/C24H33N5O/c25-23(20-9-5-14-29(17-20)15-12-18-6-2-1-3-7-18)28-24(30)27-22-10-4-8-19-16-26-13-11-21(19)22/h4,8,10-11,13,16,18,20H,1-3,5-7,9,12,14-15,17H2,(H3,25,27,28,30). The molecule has 1 atom stereocenters. The van der Waals surface area contributed by atoms with Crippen molar-refractivity contribution in [1.82, 2.24) is 9.88 Å². The Bertz CT molecular complexity index is 885. The highest BCUT2D eigenvalue weighted by Crippen LogP contribution is 2.27. The first-order valence-electron chi connectivity index (χ1n) is 11.4.